The van der Waals surface area contributed by atoms with Gasteiger partial charge < -0.3 is 9.05 Å². The van der Waals surface area contributed by atoms with Crippen LogP contribution in [0.1, 0.15) is 128 Å². The average molecular weight is 599 g/mol. The first-order valence-corrected chi connectivity index (χ1v) is 18.8. The number of phosphoric ester groups is 2. The van der Waals surface area contributed by atoms with Gasteiger partial charge in [-0.1, -0.05) is 83.1 Å². The SMILES string of the molecule is O=P(Oc1cccc(OP(=O)(OC2CCCCC2)OC2CCCCC2)c1)(OC1CCCCC1)OC1CCCCC1. The fraction of sp³-hybridized carbons (Fsp3) is 0.800. The van der Waals surface area contributed by atoms with Crippen LogP contribution >= 0.6 is 15.6 Å². The summed E-state index contributed by atoms with van der Waals surface area (Å²) in [7, 11) is -7.79. The second kappa shape index (κ2) is 15.0. The zero-order valence-electron chi connectivity index (χ0n) is 23.9. The summed E-state index contributed by atoms with van der Waals surface area (Å²) in [6.07, 6.45) is 19.3. The molecule has 0 spiro atoms. The van der Waals surface area contributed by atoms with Crippen molar-refractivity contribution >= 4 is 15.6 Å². The topological polar surface area (TPSA) is 89.5 Å². The lowest BCUT2D eigenvalue weighted by Gasteiger charge is -2.31. The zero-order valence-corrected chi connectivity index (χ0v) is 25.7. The molecule has 0 bridgehead atoms. The molecule has 0 radical (unpaired) electrons. The maximum Gasteiger partial charge on any atom is 0.530 e. The van der Waals surface area contributed by atoms with Gasteiger partial charge in [0.05, 0.1) is 24.4 Å². The van der Waals surface area contributed by atoms with E-state index in [0.29, 0.717) is 0 Å². The van der Waals surface area contributed by atoms with E-state index in [1.807, 2.05) is 0 Å². The summed E-state index contributed by atoms with van der Waals surface area (Å²) >= 11 is 0. The van der Waals surface area contributed by atoms with E-state index in [-0.39, 0.29) is 35.9 Å². The third-order valence-electron chi connectivity index (χ3n) is 8.56. The Morgan fingerprint density at radius 3 is 1.00 bits per heavy atom. The van der Waals surface area contributed by atoms with Crippen LogP contribution in [0.4, 0.5) is 0 Å². The number of hydrogen-bond acceptors (Lipinski definition) is 8. The van der Waals surface area contributed by atoms with Crippen LogP contribution in [0, 0.1) is 0 Å². The van der Waals surface area contributed by atoms with Gasteiger partial charge in [-0.2, -0.15) is 0 Å². The van der Waals surface area contributed by atoms with Crippen LogP contribution in [-0.4, -0.2) is 24.4 Å². The van der Waals surface area contributed by atoms with E-state index < -0.39 is 15.6 Å². The van der Waals surface area contributed by atoms with Crippen molar-refractivity contribution in [3.8, 4) is 11.5 Å². The van der Waals surface area contributed by atoms with Crippen LogP contribution in [-0.2, 0) is 27.2 Å². The molecule has 0 amide bonds. The molecule has 8 nitrogen and oxygen atoms in total. The number of hydrogen-bond donors (Lipinski definition) is 0. The Hall–Kier alpha value is -0.880. The van der Waals surface area contributed by atoms with E-state index in [1.165, 1.54) is 25.7 Å². The first-order valence-electron chi connectivity index (χ1n) is 15.9. The maximum atomic E-state index is 14.0. The fourth-order valence-electron chi connectivity index (χ4n) is 6.39. The van der Waals surface area contributed by atoms with Gasteiger partial charge >= 0.3 is 15.6 Å². The normalized spacial score (nSPS) is 23.2. The molecule has 4 fully saturated rings. The molecule has 0 saturated heterocycles. The summed E-state index contributed by atoms with van der Waals surface area (Å²) in [5.41, 5.74) is 0. The van der Waals surface area contributed by atoms with Crippen molar-refractivity contribution < 1.29 is 36.3 Å². The molecule has 4 saturated carbocycles. The fourth-order valence-corrected chi connectivity index (χ4v) is 9.71. The number of benzene rings is 1. The van der Waals surface area contributed by atoms with Crippen molar-refractivity contribution in [2.45, 2.75) is 153 Å². The Morgan fingerprint density at radius 1 is 0.450 bits per heavy atom. The van der Waals surface area contributed by atoms with Gasteiger partial charge in [-0.05, 0) is 63.5 Å². The summed E-state index contributed by atoms with van der Waals surface area (Å²) in [6, 6.07) is 6.70. The highest BCUT2D eigenvalue weighted by molar-refractivity contribution is 7.49. The molecular weight excluding hydrogens is 550 g/mol. The van der Waals surface area contributed by atoms with Gasteiger partial charge in [-0.25, -0.2) is 9.13 Å². The quantitative estimate of drug-likeness (QED) is 0.220. The molecule has 1 aromatic carbocycles. The molecular formula is C30H48O8P2. The largest absolute Gasteiger partial charge is 0.530 e. The van der Waals surface area contributed by atoms with E-state index in [9.17, 15) is 9.13 Å². The predicted molar refractivity (Wildman–Crippen MR) is 155 cm³/mol. The van der Waals surface area contributed by atoms with Crippen LogP contribution in [0.25, 0.3) is 0 Å². The van der Waals surface area contributed by atoms with Crippen LogP contribution in [0.3, 0.4) is 0 Å². The van der Waals surface area contributed by atoms with E-state index in [2.05, 4.69) is 0 Å². The Balaban J connectivity index is 1.30. The minimum atomic E-state index is -3.89. The highest BCUT2D eigenvalue weighted by atomic mass is 31.2. The molecule has 0 N–H and O–H groups in total. The maximum absolute atomic E-state index is 14.0. The third kappa shape index (κ3) is 9.57. The monoisotopic (exact) mass is 598 g/mol. The molecule has 226 valence electrons. The van der Waals surface area contributed by atoms with Gasteiger partial charge in [0.2, 0.25) is 0 Å². The van der Waals surface area contributed by atoms with Gasteiger partial charge in [0.15, 0.2) is 0 Å². The lowest BCUT2D eigenvalue weighted by Crippen LogP contribution is -2.22. The molecule has 40 heavy (non-hydrogen) atoms. The highest BCUT2D eigenvalue weighted by Crippen LogP contribution is 2.57. The van der Waals surface area contributed by atoms with Gasteiger partial charge in [0, 0.05) is 6.07 Å². The first kappa shape index (κ1) is 30.6. The molecule has 0 heterocycles. The van der Waals surface area contributed by atoms with Gasteiger partial charge in [-0.3, -0.25) is 18.1 Å². The molecule has 1 aromatic rings. The Labute approximate surface area is 240 Å². The minimum Gasteiger partial charge on any atom is -0.404 e. The van der Waals surface area contributed by atoms with Crippen LogP contribution in [0.15, 0.2) is 24.3 Å². The third-order valence-corrected chi connectivity index (χ3v) is 11.7. The predicted octanol–water partition coefficient (Wildman–Crippen LogP) is 10.1. The highest BCUT2D eigenvalue weighted by Gasteiger charge is 2.39. The summed E-state index contributed by atoms with van der Waals surface area (Å²) in [5, 5.41) is 0. The van der Waals surface area contributed by atoms with E-state index >= 15 is 0 Å². The average Bonchev–Trinajstić information content (AvgIpc) is 2.95. The Bertz CT molecular complexity index is 872. The molecule has 0 atom stereocenters. The lowest BCUT2D eigenvalue weighted by atomic mass is 9.98. The van der Waals surface area contributed by atoms with E-state index in [4.69, 9.17) is 27.1 Å². The van der Waals surface area contributed by atoms with Crippen molar-refractivity contribution in [2.75, 3.05) is 0 Å². The van der Waals surface area contributed by atoms with Crippen LogP contribution < -0.4 is 9.05 Å². The standard InChI is InChI=1S/C30H48O8P2/c31-39(33-25-14-5-1-6-15-25,34-26-16-7-2-8-17-26)37-29-22-13-23-30(24-29)38-40(32,35-27-18-9-3-10-19-27)36-28-20-11-4-12-21-28/h13,22-28H,1-12,14-21H2. The van der Waals surface area contributed by atoms with E-state index in [0.717, 1.165) is 103 Å². The van der Waals surface area contributed by atoms with Crippen molar-refractivity contribution in [1.82, 2.24) is 0 Å². The molecule has 0 aliphatic heterocycles. The molecule has 0 aromatic heterocycles. The minimum absolute atomic E-state index is 0.143. The zero-order chi connectivity index (χ0) is 27.7. The van der Waals surface area contributed by atoms with Gasteiger partial charge in [0.25, 0.3) is 0 Å². The number of rotatable bonds is 12. The van der Waals surface area contributed by atoms with Crippen molar-refractivity contribution in [3.63, 3.8) is 0 Å². The molecule has 4 aliphatic carbocycles. The van der Waals surface area contributed by atoms with Crippen molar-refractivity contribution in [3.05, 3.63) is 24.3 Å². The smallest absolute Gasteiger partial charge is 0.404 e. The summed E-state index contributed by atoms with van der Waals surface area (Å²) in [5.74, 6) is 0.573. The van der Waals surface area contributed by atoms with Crippen molar-refractivity contribution in [2.24, 2.45) is 0 Å². The Morgan fingerprint density at radius 2 is 0.725 bits per heavy atom. The van der Waals surface area contributed by atoms with E-state index in [1.54, 1.807) is 24.3 Å². The van der Waals surface area contributed by atoms with Gasteiger partial charge in [-0.15, -0.1) is 0 Å². The van der Waals surface area contributed by atoms with Crippen LogP contribution in [0.2, 0.25) is 0 Å². The molecule has 4 aliphatic rings. The lowest BCUT2D eigenvalue weighted by molar-refractivity contribution is 0.0513. The number of phosphoric acid groups is 2. The second-order valence-electron chi connectivity index (χ2n) is 12.0. The van der Waals surface area contributed by atoms with Crippen LogP contribution in [0.5, 0.6) is 11.5 Å². The Kier molecular flexibility index (Phi) is 11.5. The summed E-state index contributed by atoms with van der Waals surface area (Å²) in [6.45, 7) is 0. The summed E-state index contributed by atoms with van der Waals surface area (Å²) < 4.78 is 64.5. The second-order valence-corrected chi connectivity index (χ2v) is 15.0. The summed E-state index contributed by atoms with van der Waals surface area (Å²) in [4.78, 5) is 0. The van der Waals surface area contributed by atoms with Crippen molar-refractivity contribution in [1.29, 1.82) is 0 Å². The first-order chi connectivity index (χ1) is 19.5. The molecule has 10 heteroatoms. The molecule has 5 rings (SSSR count). The molecule has 0 unspecified atom stereocenters. The van der Waals surface area contributed by atoms with Gasteiger partial charge in [0.1, 0.15) is 11.5 Å².